The predicted molar refractivity (Wildman–Crippen MR) is 70.2 cm³/mol. The van der Waals surface area contributed by atoms with Gasteiger partial charge >= 0.3 is 0 Å². The van der Waals surface area contributed by atoms with E-state index in [0.29, 0.717) is 11.4 Å². The Morgan fingerprint density at radius 1 is 1.44 bits per heavy atom. The van der Waals surface area contributed by atoms with Crippen LogP contribution in [0.5, 0.6) is 0 Å². The molecule has 100 valence electrons. The summed E-state index contributed by atoms with van der Waals surface area (Å²) >= 11 is 6.18. The molecule has 0 aliphatic heterocycles. The maximum absolute atomic E-state index is 13.4. The molecule has 0 aromatic heterocycles. The zero-order valence-electron chi connectivity index (χ0n) is 10.4. The average molecular weight is 274 g/mol. The van der Waals surface area contributed by atoms with Crippen LogP contribution in [0.25, 0.3) is 0 Å². The molecule has 1 nitrogen and oxygen atoms in total. The Labute approximate surface area is 112 Å². The van der Waals surface area contributed by atoms with Gasteiger partial charge in [-0.15, -0.1) is 0 Å². The van der Waals surface area contributed by atoms with Gasteiger partial charge in [0.1, 0.15) is 0 Å². The van der Waals surface area contributed by atoms with E-state index in [-0.39, 0.29) is 24.8 Å². The lowest BCUT2D eigenvalue weighted by Gasteiger charge is -2.25. The van der Waals surface area contributed by atoms with Gasteiger partial charge in [0.25, 0.3) is 0 Å². The second kappa shape index (κ2) is 5.54. The SMILES string of the molecule is CCNC(c1ccccc1Cl)C1CCC(F)(F)C1. The van der Waals surface area contributed by atoms with Crippen molar-refractivity contribution in [2.75, 3.05) is 6.54 Å². The number of hydrogen-bond donors (Lipinski definition) is 1. The number of hydrogen-bond acceptors (Lipinski definition) is 1. The minimum absolute atomic E-state index is 0.00991. The van der Waals surface area contributed by atoms with E-state index < -0.39 is 5.92 Å². The molecule has 2 unspecified atom stereocenters. The Kier molecular flexibility index (Phi) is 4.23. The van der Waals surface area contributed by atoms with Crippen molar-refractivity contribution in [3.8, 4) is 0 Å². The molecule has 0 bridgehead atoms. The number of alkyl halides is 2. The Hall–Kier alpha value is -0.670. The van der Waals surface area contributed by atoms with Gasteiger partial charge in [-0.25, -0.2) is 8.78 Å². The van der Waals surface area contributed by atoms with Gasteiger partial charge in [-0.05, 0) is 30.5 Å². The fourth-order valence-electron chi connectivity index (χ4n) is 2.75. The highest BCUT2D eigenvalue weighted by Gasteiger charge is 2.42. The average Bonchev–Trinajstić information content (AvgIpc) is 2.68. The highest BCUT2D eigenvalue weighted by atomic mass is 35.5. The lowest BCUT2D eigenvalue weighted by atomic mass is 9.91. The summed E-state index contributed by atoms with van der Waals surface area (Å²) in [6, 6.07) is 7.43. The van der Waals surface area contributed by atoms with Crippen molar-refractivity contribution < 1.29 is 8.78 Å². The third-order valence-electron chi connectivity index (χ3n) is 3.58. The Bertz CT molecular complexity index is 409. The van der Waals surface area contributed by atoms with Crippen molar-refractivity contribution in [2.24, 2.45) is 5.92 Å². The van der Waals surface area contributed by atoms with E-state index in [9.17, 15) is 8.78 Å². The molecule has 2 rings (SSSR count). The van der Waals surface area contributed by atoms with Gasteiger partial charge < -0.3 is 5.32 Å². The van der Waals surface area contributed by atoms with E-state index in [2.05, 4.69) is 5.32 Å². The summed E-state index contributed by atoms with van der Waals surface area (Å²) < 4.78 is 26.7. The number of nitrogens with one attached hydrogen (secondary N) is 1. The zero-order chi connectivity index (χ0) is 13.2. The van der Waals surface area contributed by atoms with Gasteiger partial charge in [-0.1, -0.05) is 36.7 Å². The third-order valence-corrected chi connectivity index (χ3v) is 3.92. The van der Waals surface area contributed by atoms with Gasteiger partial charge in [-0.2, -0.15) is 0 Å². The molecule has 0 heterocycles. The summed E-state index contributed by atoms with van der Waals surface area (Å²) in [6.07, 6.45) is 0.496. The molecule has 1 aromatic carbocycles. The maximum Gasteiger partial charge on any atom is 0.248 e. The molecule has 18 heavy (non-hydrogen) atoms. The summed E-state index contributed by atoms with van der Waals surface area (Å²) in [4.78, 5) is 0. The second-order valence-electron chi connectivity index (χ2n) is 4.92. The summed E-state index contributed by atoms with van der Waals surface area (Å²) in [5, 5.41) is 3.95. The molecule has 1 aromatic rings. The summed E-state index contributed by atoms with van der Waals surface area (Å²) in [5.74, 6) is -2.56. The van der Waals surface area contributed by atoms with Gasteiger partial charge in [0.2, 0.25) is 5.92 Å². The van der Waals surface area contributed by atoms with Crippen LogP contribution in [0, 0.1) is 5.92 Å². The number of benzene rings is 1. The van der Waals surface area contributed by atoms with Crippen LogP contribution in [0.3, 0.4) is 0 Å². The van der Waals surface area contributed by atoms with Crippen LogP contribution in [-0.4, -0.2) is 12.5 Å². The van der Waals surface area contributed by atoms with Gasteiger partial charge in [0.15, 0.2) is 0 Å². The van der Waals surface area contributed by atoms with Crippen LogP contribution >= 0.6 is 11.6 Å². The zero-order valence-corrected chi connectivity index (χ0v) is 11.2. The van der Waals surface area contributed by atoms with Crippen LogP contribution in [0.2, 0.25) is 5.02 Å². The molecule has 1 aliphatic rings. The van der Waals surface area contributed by atoms with Crippen molar-refractivity contribution in [2.45, 2.75) is 38.2 Å². The Balaban J connectivity index is 2.22. The lowest BCUT2D eigenvalue weighted by molar-refractivity contribution is 0.00329. The van der Waals surface area contributed by atoms with Crippen LogP contribution in [0.1, 0.15) is 37.8 Å². The number of rotatable bonds is 4. The van der Waals surface area contributed by atoms with E-state index in [1.165, 1.54) is 0 Å². The highest BCUT2D eigenvalue weighted by Crippen LogP contribution is 2.45. The normalized spacial score (nSPS) is 24.1. The van der Waals surface area contributed by atoms with E-state index in [4.69, 9.17) is 11.6 Å². The van der Waals surface area contributed by atoms with Crippen LogP contribution < -0.4 is 5.32 Å². The van der Waals surface area contributed by atoms with Crippen molar-refractivity contribution in [3.05, 3.63) is 34.9 Å². The molecule has 0 spiro atoms. The smallest absolute Gasteiger partial charge is 0.248 e. The first-order valence-corrected chi connectivity index (χ1v) is 6.77. The standard InChI is InChI=1S/C14H18ClF2N/c1-2-18-13(10-7-8-14(16,17)9-10)11-5-3-4-6-12(11)15/h3-6,10,13,18H,2,7-9H2,1H3. The predicted octanol–water partition coefficient (Wildman–Crippen LogP) is 4.43. The Morgan fingerprint density at radius 2 is 2.17 bits per heavy atom. The molecule has 4 heteroatoms. The highest BCUT2D eigenvalue weighted by molar-refractivity contribution is 6.31. The van der Waals surface area contributed by atoms with Crippen molar-refractivity contribution >= 4 is 11.6 Å². The van der Waals surface area contributed by atoms with Crippen molar-refractivity contribution in [3.63, 3.8) is 0 Å². The van der Waals surface area contributed by atoms with Gasteiger partial charge in [0, 0.05) is 23.9 Å². The fourth-order valence-corrected chi connectivity index (χ4v) is 3.00. The molecule has 0 radical (unpaired) electrons. The monoisotopic (exact) mass is 273 g/mol. The fraction of sp³-hybridized carbons (Fsp3) is 0.571. The lowest BCUT2D eigenvalue weighted by Crippen LogP contribution is -2.28. The first-order valence-electron chi connectivity index (χ1n) is 6.39. The van der Waals surface area contributed by atoms with E-state index in [1.54, 1.807) is 0 Å². The van der Waals surface area contributed by atoms with E-state index in [1.807, 2.05) is 31.2 Å². The molecule has 1 saturated carbocycles. The second-order valence-corrected chi connectivity index (χ2v) is 5.32. The Morgan fingerprint density at radius 3 is 2.72 bits per heavy atom. The molecule has 1 fully saturated rings. The first-order chi connectivity index (χ1) is 8.53. The largest absolute Gasteiger partial charge is 0.310 e. The quantitative estimate of drug-likeness (QED) is 0.856. The summed E-state index contributed by atoms with van der Waals surface area (Å²) in [7, 11) is 0. The first kappa shape index (κ1) is 13.8. The summed E-state index contributed by atoms with van der Waals surface area (Å²) in [5.41, 5.74) is 0.934. The molecule has 2 atom stereocenters. The molecular formula is C14H18ClF2N. The minimum Gasteiger partial charge on any atom is -0.310 e. The maximum atomic E-state index is 13.4. The molecule has 0 amide bonds. The molecular weight excluding hydrogens is 256 g/mol. The molecule has 1 aliphatic carbocycles. The van der Waals surface area contributed by atoms with Crippen LogP contribution in [-0.2, 0) is 0 Å². The number of halogens is 3. The van der Waals surface area contributed by atoms with E-state index >= 15 is 0 Å². The third kappa shape index (κ3) is 3.01. The van der Waals surface area contributed by atoms with E-state index in [0.717, 1.165) is 12.1 Å². The summed E-state index contributed by atoms with van der Waals surface area (Å²) in [6.45, 7) is 2.73. The molecule has 1 N–H and O–H groups in total. The van der Waals surface area contributed by atoms with Crippen molar-refractivity contribution in [1.82, 2.24) is 5.32 Å². The topological polar surface area (TPSA) is 12.0 Å². The minimum atomic E-state index is -2.51. The van der Waals surface area contributed by atoms with Crippen LogP contribution in [0.15, 0.2) is 24.3 Å². The van der Waals surface area contributed by atoms with Gasteiger partial charge in [0.05, 0.1) is 0 Å². The van der Waals surface area contributed by atoms with Gasteiger partial charge in [-0.3, -0.25) is 0 Å². The van der Waals surface area contributed by atoms with Crippen LogP contribution in [0.4, 0.5) is 8.78 Å². The van der Waals surface area contributed by atoms with Crippen molar-refractivity contribution in [1.29, 1.82) is 0 Å². The molecule has 0 saturated heterocycles.